The van der Waals surface area contributed by atoms with Crippen molar-refractivity contribution in [2.75, 3.05) is 6.54 Å². The molecular weight excluding hydrogens is 266 g/mol. The van der Waals surface area contributed by atoms with E-state index >= 15 is 0 Å². The van der Waals surface area contributed by atoms with E-state index in [9.17, 15) is 14.4 Å². The van der Waals surface area contributed by atoms with Gasteiger partial charge in [0, 0.05) is 0 Å². The largest absolute Gasteiger partial charge is 0.378 e. The van der Waals surface area contributed by atoms with Crippen LogP contribution in [0.3, 0.4) is 0 Å². The first-order valence-electron chi connectivity index (χ1n) is 5.58. The molecule has 3 rings (SSSR count). The predicted molar refractivity (Wildman–Crippen MR) is 69.8 cm³/mol. The summed E-state index contributed by atoms with van der Waals surface area (Å²) in [6, 6.07) is 6.60. The quantitative estimate of drug-likeness (QED) is 0.780. The molecule has 3 amide bonds. The van der Waals surface area contributed by atoms with Gasteiger partial charge in [-0.25, -0.2) is 0 Å². The summed E-state index contributed by atoms with van der Waals surface area (Å²) in [4.78, 5) is 40.4. The number of aliphatic imine (C=N–C) groups is 1. The zero-order valence-electron chi connectivity index (χ0n) is 9.70. The molecule has 0 saturated carbocycles. The van der Waals surface area contributed by atoms with E-state index in [1.54, 1.807) is 24.3 Å². The van der Waals surface area contributed by atoms with Crippen LogP contribution in [0.4, 0.5) is 0 Å². The molecule has 0 spiro atoms. The minimum atomic E-state index is -0.595. The van der Waals surface area contributed by atoms with Crippen molar-refractivity contribution in [1.29, 1.82) is 0 Å². The maximum atomic E-state index is 12.1. The number of carbonyl (C=O) groups is 3. The smallest absolute Gasteiger partial charge is 0.263 e. The van der Waals surface area contributed by atoms with Crippen molar-refractivity contribution in [2.24, 2.45) is 10.7 Å². The molecule has 0 bridgehead atoms. The second kappa shape index (κ2) is 4.20. The molecule has 2 heterocycles. The molecule has 1 aromatic carbocycles. The summed E-state index contributed by atoms with van der Waals surface area (Å²) in [5.41, 5.74) is 6.19. The summed E-state index contributed by atoms with van der Waals surface area (Å²) in [5.74, 6) is -1.15. The van der Waals surface area contributed by atoms with E-state index < -0.39 is 11.2 Å². The normalized spacial score (nSPS) is 21.9. The van der Waals surface area contributed by atoms with Crippen molar-refractivity contribution in [2.45, 2.75) is 5.25 Å². The van der Waals surface area contributed by atoms with Gasteiger partial charge < -0.3 is 5.73 Å². The first-order valence-corrected chi connectivity index (χ1v) is 6.46. The van der Waals surface area contributed by atoms with E-state index in [2.05, 4.69) is 4.99 Å². The topological polar surface area (TPSA) is 92.8 Å². The maximum Gasteiger partial charge on any atom is 0.263 e. The lowest BCUT2D eigenvalue weighted by atomic mass is 10.1. The molecule has 1 atom stereocenters. The molecular formula is C12H9N3O3S. The summed E-state index contributed by atoms with van der Waals surface area (Å²) in [5, 5.41) is -0.422. The van der Waals surface area contributed by atoms with Crippen LogP contribution in [0, 0.1) is 0 Å². The van der Waals surface area contributed by atoms with Gasteiger partial charge in [0.2, 0.25) is 0 Å². The third-order valence-electron chi connectivity index (χ3n) is 2.99. The van der Waals surface area contributed by atoms with Gasteiger partial charge in [0.1, 0.15) is 5.25 Å². The van der Waals surface area contributed by atoms with Crippen LogP contribution in [0.2, 0.25) is 0 Å². The Kier molecular flexibility index (Phi) is 2.63. The van der Waals surface area contributed by atoms with Crippen LogP contribution in [0.25, 0.3) is 0 Å². The first kappa shape index (κ1) is 11.9. The zero-order valence-corrected chi connectivity index (χ0v) is 10.5. The Hall–Kier alpha value is -2.15. The number of amides is 3. The van der Waals surface area contributed by atoms with Gasteiger partial charge >= 0.3 is 0 Å². The highest BCUT2D eigenvalue weighted by Crippen LogP contribution is 2.27. The predicted octanol–water partition coefficient (Wildman–Crippen LogP) is 0.239. The molecule has 1 aromatic rings. The van der Waals surface area contributed by atoms with Crippen LogP contribution in [-0.2, 0) is 4.79 Å². The van der Waals surface area contributed by atoms with Crippen molar-refractivity contribution >= 4 is 34.7 Å². The van der Waals surface area contributed by atoms with E-state index in [-0.39, 0.29) is 23.5 Å². The third kappa shape index (κ3) is 1.82. The average molecular weight is 275 g/mol. The number of nitrogens with zero attached hydrogens (tertiary/aromatic N) is 2. The average Bonchev–Trinajstić information content (AvgIpc) is 2.83. The van der Waals surface area contributed by atoms with E-state index in [1.165, 1.54) is 0 Å². The Morgan fingerprint density at radius 2 is 1.74 bits per heavy atom. The molecule has 0 aromatic heterocycles. The molecule has 2 aliphatic heterocycles. The molecule has 0 aliphatic carbocycles. The van der Waals surface area contributed by atoms with Gasteiger partial charge in [0.25, 0.3) is 17.7 Å². The summed E-state index contributed by atoms with van der Waals surface area (Å²) in [6.07, 6.45) is 0. The number of hydrogen-bond donors (Lipinski definition) is 1. The number of benzene rings is 1. The van der Waals surface area contributed by atoms with Crippen LogP contribution < -0.4 is 5.73 Å². The number of carbonyl (C=O) groups excluding carboxylic acids is 3. The van der Waals surface area contributed by atoms with E-state index in [4.69, 9.17) is 5.73 Å². The Labute approximate surface area is 112 Å². The highest BCUT2D eigenvalue weighted by molar-refractivity contribution is 8.15. The summed E-state index contributed by atoms with van der Waals surface area (Å²) < 4.78 is 0. The van der Waals surface area contributed by atoms with Crippen LogP contribution in [0.1, 0.15) is 20.7 Å². The molecule has 2 N–H and O–H groups in total. The third-order valence-corrected chi connectivity index (χ3v) is 3.95. The van der Waals surface area contributed by atoms with Crippen molar-refractivity contribution in [3.05, 3.63) is 35.4 Å². The van der Waals surface area contributed by atoms with Gasteiger partial charge in [-0.3, -0.25) is 19.3 Å². The minimum Gasteiger partial charge on any atom is -0.378 e. The standard InChI is InChI=1S/C12H9N3O3S/c13-12-14-9(16)8(19-12)5-15-10(17)6-3-1-2-4-7(6)11(15)18/h1-4,8H,5H2,(H2,13,14,16)/t8-/m0/s1. The van der Waals surface area contributed by atoms with Crippen LogP contribution in [-0.4, -0.2) is 39.6 Å². The fourth-order valence-electron chi connectivity index (χ4n) is 2.09. The molecule has 96 valence electrons. The van der Waals surface area contributed by atoms with Crippen LogP contribution in [0.5, 0.6) is 0 Å². The van der Waals surface area contributed by atoms with Gasteiger partial charge in [-0.15, -0.1) is 0 Å². The SMILES string of the molecule is NC1=NC(=O)[C@H](CN2C(=O)c3ccccc3C2=O)S1. The van der Waals surface area contributed by atoms with Crippen molar-refractivity contribution in [3.63, 3.8) is 0 Å². The van der Waals surface area contributed by atoms with E-state index in [0.717, 1.165) is 16.7 Å². The first-order chi connectivity index (χ1) is 9.08. The minimum absolute atomic E-state index is 0.0000463. The fraction of sp³-hybridized carbons (Fsp3) is 0.167. The van der Waals surface area contributed by atoms with Crippen molar-refractivity contribution < 1.29 is 14.4 Å². The highest BCUT2D eigenvalue weighted by atomic mass is 32.2. The number of amidine groups is 1. The molecule has 0 radical (unpaired) electrons. The van der Waals surface area contributed by atoms with Gasteiger partial charge in [-0.2, -0.15) is 4.99 Å². The molecule has 2 aliphatic rings. The van der Waals surface area contributed by atoms with E-state index in [0.29, 0.717) is 11.1 Å². The zero-order chi connectivity index (χ0) is 13.6. The number of thioether (sulfide) groups is 1. The highest BCUT2D eigenvalue weighted by Gasteiger charge is 2.39. The van der Waals surface area contributed by atoms with E-state index in [1.807, 2.05) is 0 Å². The summed E-state index contributed by atoms with van der Waals surface area (Å²) in [6.45, 7) is 0.0000463. The lowest BCUT2D eigenvalue weighted by Gasteiger charge is -2.16. The molecule has 6 nitrogen and oxygen atoms in total. The number of rotatable bonds is 2. The molecule has 0 saturated heterocycles. The Morgan fingerprint density at radius 3 is 2.21 bits per heavy atom. The maximum absolute atomic E-state index is 12.1. The van der Waals surface area contributed by atoms with Crippen molar-refractivity contribution in [3.8, 4) is 0 Å². The number of fused-ring (bicyclic) bond motifs is 1. The molecule has 0 fully saturated rings. The molecule has 0 unspecified atom stereocenters. The lowest BCUT2D eigenvalue weighted by Crippen LogP contribution is -2.37. The summed E-state index contributed by atoms with van der Waals surface area (Å²) >= 11 is 1.08. The Bertz CT molecular complexity index is 606. The van der Waals surface area contributed by atoms with Gasteiger partial charge in [-0.05, 0) is 12.1 Å². The number of imide groups is 1. The molecule has 19 heavy (non-hydrogen) atoms. The second-order valence-electron chi connectivity index (χ2n) is 4.16. The monoisotopic (exact) mass is 275 g/mol. The van der Waals surface area contributed by atoms with Crippen LogP contribution >= 0.6 is 11.8 Å². The fourth-order valence-corrected chi connectivity index (χ4v) is 2.90. The lowest BCUT2D eigenvalue weighted by molar-refractivity contribution is -0.117. The van der Waals surface area contributed by atoms with Gasteiger partial charge in [0.15, 0.2) is 5.17 Å². The summed E-state index contributed by atoms with van der Waals surface area (Å²) in [7, 11) is 0. The number of nitrogens with two attached hydrogens (primary N) is 1. The number of hydrogen-bond acceptors (Lipinski definition) is 5. The van der Waals surface area contributed by atoms with Crippen LogP contribution in [0.15, 0.2) is 29.3 Å². The van der Waals surface area contributed by atoms with Gasteiger partial charge in [-0.1, -0.05) is 23.9 Å². The Balaban J connectivity index is 1.84. The molecule has 7 heteroatoms. The van der Waals surface area contributed by atoms with Gasteiger partial charge in [0.05, 0.1) is 17.7 Å². The Morgan fingerprint density at radius 1 is 1.16 bits per heavy atom. The second-order valence-corrected chi connectivity index (χ2v) is 5.38. The van der Waals surface area contributed by atoms with Crippen molar-refractivity contribution in [1.82, 2.24) is 4.90 Å².